The van der Waals surface area contributed by atoms with Crippen molar-refractivity contribution < 1.29 is 21.1 Å². The molecule has 0 saturated heterocycles. The van der Waals surface area contributed by atoms with Crippen molar-refractivity contribution in [2.75, 3.05) is 12.3 Å². The molecule has 0 aromatic heterocycles. The van der Waals surface area contributed by atoms with Gasteiger partial charge < -0.3 is 13.8 Å². The van der Waals surface area contributed by atoms with Crippen LogP contribution in [-0.4, -0.2) is 12.3 Å². The average Bonchev–Trinajstić information content (AvgIpc) is 3.00. The van der Waals surface area contributed by atoms with Gasteiger partial charge in [0.25, 0.3) is 0 Å². The molecule has 0 heterocycles. The van der Waals surface area contributed by atoms with E-state index in [-0.39, 0.29) is 36.9 Å². The van der Waals surface area contributed by atoms with E-state index in [1.807, 2.05) is 38.2 Å². The standard InChI is InChI=1S/C27H26P2.2C5H9.Pt/c1-5-14-24(15-6-1)28(25-16-7-2-8-17-25)22-13-23-29(26-18-9-3-10-19-26)27-20-11-4-12-21-27;2*1-3-5-4-2;/h1-12,14-21H,13,22-23H2;2*4-5H,1,3H2,2H3;/q;2*-1;+2/b;2*5-4+;. The van der Waals surface area contributed by atoms with E-state index in [1.54, 1.807) is 0 Å². The molecule has 0 radical (unpaired) electrons. The molecule has 4 aromatic carbocycles. The van der Waals surface area contributed by atoms with Gasteiger partial charge in [0.2, 0.25) is 0 Å². The maximum absolute atomic E-state index is 3.59. The summed E-state index contributed by atoms with van der Waals surface area (Å²) in [5.41, 5.74) is 0. The van der Waals surface area contributed by atoms with E-state index in [4.69, 9.17) is 0 Å². The molecule has 4 aromatic rings. The fourth-order valence-corrected chi connectivity index (χ4v) is 8.92. The Morgan fingerprint density at radius 2 is 0.725 bits per heavy atom. The number of benzene rings is 4. The molecule has 0 aliphatic rings. The van der Waals surface area contributed by atoms with Gasteiger partial charge in [-0.3, -0.25) is 0 Å². The summed E-state index contributed by atoms with van der Waals surface area (Å²) in [6.45, 7) is 11.2. The molecule has 40 heavy (non-hydrogen) atoms. The minimum atomic E-state index is -0.309. The van der Waals surface area contributed by atoms with Crippen molar-refractivity contribution in [3.63, 3.8) is 0 Å². The molecule has 0 bridgehead atoms. The summed E-state index contributed by atoms with van der Waals surface area (Å²) in [5, 5.41) is 5.94. The van der Waals surface area contributed by atoms with Gasteiger partial charge in [-0.1, -0.05) is 133 Å². The van der Waals surface area contributed by atoms with Gasteiger partial charge in [0.05, 0.1) is 0 Å². The second-order valence-corrected chi connectivity index (χ2v) is 13.4. The number of rotatable bonds is 10. The maximum atomic E-state index is 3.59. The van der Waals surface area contributed by atoms with Crippen LogP contribution in [0.3, 0.4) is 0 Å². The fourth-order valence-electron chi connectivity index (χ4n) is 3.97. The fraction of sp³-hybridized carbons (Fsp3) is 0.189. The minimum Gasteiger partial charge on any atom is -0.340 e. The predicted octanol–water partition coefficient (Wildman–Crippen LogP) is 9.21. The number of hydrogen-bond donors (Lipinski definition) is 0. The van der Waals surface area contributed by atoms with E-state index < -0.39 is 0 Å². The Hall–Kier alpha value is -2.09. The number of hydrogen-bond acceptors (Lipinski definition) is 0. The molecule has 0 atom stereocenters. The van der Waals surface area contributed by atoms with Crippen molar-refractivity contribution in [1.29, 1.82) is 0 Å². The molecule has 0 fully saturated rings. The zero-order valence-corrected chi connectivity index (χ0v) is 28.1. The summed E-state index contributed by atoms with van der Waals surface area (Å²) < 4.78 is 0. The van der Waals surface area contributed by atoms with Crippen molar-refractivity contribution in [1.82, 2.24) is 0 Å². The van der Waals surface area contributed by atoms with E-state index in [0.717, 1.165) is 12.8 Å². The molecule has 0 aliphatic carbocycles. The second-order valence-electron chi connectivity index (χ2n) is 8.71. The van der Waals surface area contributed by atoms with Crippen LogP contribution >= 0.6 is 15.8 Å². The molecular weight excluding hydrogens is 701 g/mol. The van der Waals surface area contributed by atoms with Crippen molar-refractivity contribution in [2.24, 2.45) is 0 Å². The third-order valence-electron chi connectivity index (χ3n) is 5.84. The molecule has 0 nitrogen and oxygen atoms in total. The first-order valence-electron chi connectivity index (χ1n) is 13.8. The molecule has 0 unspecified atom stereocenters. The van der Waals surface area contributed by atoms with Gasteiger partial charge in [0.15, 0.2) is 0 Å². The van der Waals surface area contributed by atoms with Crippen LogP contribution in [0.1, 0.15) is 33.1 Å². The Balaban J connectivity index is 0.000000628. The summed E-state index contributed by atoms with van der Waals surface area (Å²) in [7, 11) is -0.618. The van der Waals surface area contributed by atoms with Crippen LogP contribution in [0.25, 0.3) is 0 Å². The first kappa shape index (κ1) is 35.9. The zero-order valence-electron chi connectivity index (χ0n) is 24.0. The molecule has 0 aliphatic heterocycles. The van der Waals surface area contributed by atoms with Gasteiger partial charge in [-0.2, -0.15) is 12.8 Å². The van der Waals surface area contributed by atoms with Crippen molar-refractivity contribution in [3.05, 3.63) is 159 Å². The molecule has 0 spiro atoms. The van der Waals surface area contributed by atoms with Crippen molar-refractivity contribution in [3.8, 4) is 0 Å². The Labute approximate surface area is 261 Å². The zero-order chi connectivity index (χ0) is 28.0. The smallest absolute Gasteiger partial charge is 0.340 e. The Morgan fingerprint density at radius 3 is 0.900 bits per heavy atom. The molecule has 212 valence electrons. The molecule has 0 saturated carbocycles. The third kappa shape index (κ3) is 14.0. The van der Waals surface area contributed by atoms with Crippen molar-refractivity contribution in [2.45, 2.75) is 33.1 Å². The first-order valence-corrected chi connectivity index (χ1v) is 16.9. The van der Waals surface area contributed by atoms with Crippen LogP contribution in [-0.2, 0) is 21.1 Å². The summed E-state index contributed by atoms with van der Waals surface area (Å²) >= 11 is 0. The normalized spacial score (nSPS) is 10.6. The van der Waals surface area contributed by atoms with E-state index in [1.165, 1.54) is 40.0 Å². The van der Waals surface area contributed by atoms with Gasteiger partial charge in [0, 0.05) is 0 Å². The SMILES string of the molecule is [CH2-]C/C=C/C.[CH2-]C/C=C/C.[Pt+2].c1ccc(P(CCCP(c2ccccc2)c2ccccc2)c2ccccc2)cc1. The monoisotopic (exact) mass is 745 g/mol. The van der Waals surface area contributed by atoms with Gasteiger partial charge in [0.1, 0.15) is 0 Å². The van der Waals surface area contributed by atoms with Gasteiger partial charge >= 0.3 is 21.1 Å². The average molecular weight is 746 g/mol. The van der Waals surface area contributed by atoms with E-state index in [0.29, 0.717) is 0 Å². The van der Waals surface area contributed by atoms with Crippen LogP contribution in [0, 0.1) is 13.8 Å². The minimum absolute atomic E-state index is 0. The molecule has 3 heteroatoms. The molecule has 0 N–H and O–H groups in total. The van der Waals surface area contributed by atoms with E-state index in [2.05, 4.69) is 135 Å². The van der Waals surface area contributed by atoms with Crippen LogP contribution in [0.5, 0.6) is 0 Å². The quantitative estimate of drug-likeness (QED) is 0.0864. The topological polar surface area (TPSA) is 0 Å². The number of allylic oxidation sites excluding steroid dienone is 4. The summed E-state index contributed by atoms with van der Waals surface area (Å²) in [4.78, 5) is 0. The second kappa shape index (κ2) is 23.6. The van der Waals surface area contributed by atoms with Gasteiger partial charge in [-0.05, 0) is 69.7 Å². The third-order valence-corrected chi connectivity index (χ3v) is 11.1. The van der Waals surface area contributed by atoms with E-state index in [9.17, 15) is 0 Å². The van der Waals surface area contributed by atoms with Crippen LogP contribution in [0.4, 0.5) is 0 Å². The Kier molecular flexibility index (Phi) is 21.2. The van der Waals surface area contributed by atoms with Gasteiger partial charge in [-0.25, -0.2) is 0 Å². The van der Waals surface area contributed by atoms with Crippen LogP contribution in [0.15, 0.2) is 146 Å². The first-order chi connectivity index (χ1) is 19.2. The van der Waals surface area contributed by atoms with E-state index >= 15 is 0 Å². The Morgan fingerprint density at radius 1 is 0.475 bits per heavy atom. The largest absolute Gasteiger partial charge is 2.00 e. The summed E-state index contributed by atoms with van der Waals surface area (Å²) in [6.07, 6.45) is 13.6. The van der Waals surface area contributed by atoms with Crippen molar-refractivity contribution >= 4 is 37.1 Å². The van der Waals surface area contributed by atoms with Crippen LogP contribution < -0.4 is 21.2 Å². The predicted molar refractivity (Wildman–Crippen MR) is 182 cm³/mol. The van der Waals surface area contributed by atoms with Gasteiger partial charge in [-0.15, -0.1) is 12.2 Å². The molecule has 0 amide bonds. The summed E-state index contributed by atoms with van der Waals surface area (Å²) in [6, 6.07) is 44.3. The molecular formula is C37H44P2Pt. The van der Waals surface area contributed by atoms with Crippen LogP contribution in [0.2, 0.25) is 0 Å². The Bertz CT molecular complexity index is 986. The molecule has 4 rings (SSSR count). The summed E-state index contributed by atoms with van der Waals surface area (Å²) in [5.74, 6) is 0. The maximum Gasteiger partial charge on any atom is 2.00 e.